The average Bonchev–Trinajstić information content (AvgIpc) is 3.40. The zero-order valence-corrected chi connectivity index (χ0v) is 22.5. The Balaban J connectivity index is 1.38. The van der Waals surface area contributed by atoms with Gasteiger partial charge in [-0.05, 0) is 38.1 Å². The van der Waals surface area contributed by atoms with Crippen molar-refractivity contribution in [3.8, 4) is 34.3 Å². The van der Waals surface area contributed by atoms with Gasteiger partial charge >= 0.3 is 11.9 Å². The van der Waals surface area contributed by atoms with E-state index in [0.29, 0.717) is 35.5 Å². The summed E-state index contributed by atoms with van der Waals surface area (Å²) in [6.45, 7) is 4.84. The molecular weight excluding hydrogens is 522 g/mol. The second-order valence-corrected chi connectivity index (χ2v) is 9.52. The number of ether oxygens (including phenoxy) is 3. The fourth-order valence-electron chi connectivity index (χ4n) is 4.95. The van der Waals surface area contributed by atoms with Gasteiger partial charge in [-0.3, -0.25) is 4.79 Å². The van der Waals surface area contributed by atoms with Crippen LogP contribution < -0.4 is 19.6 Å². The average molecular weight is 550 g/mol. The number of carbonyl (C=O) groups excluding carboxylic acids is 1. The molecule has 41 heavy (non-hydrogen) atoms. The predicted molar refractivity (Wildman–Crippen MR) is 153 cm³/mol. The minimum absolute atomic E-state index is 0.0159. The first-order valence-electron chi connectivity index (χ1n) is 13.3. The second-order valence-electron chi connectivity index (χ2n) is 9.52. The van der Waals surface area contributed by atoms with E-state index < -0.39 is 17.3 Å². The molecule has 1 aromatic heterocycles. The third-order valence-corrected chi connectivity index (χ3v) is 7.09. The molecule has 0 bridgehead atoms. The lowest BCUT2D eigenvalue weighted by atomic mass is 9.97. The van der Waals surface area contributed by atoms with Crippen LogP contribution in [-0.4, -0.2) is 29.2 Å². The van der Waals surface area contributed by atoms with Crippen molar-refractivity contribution in [1.82, 2.24) is 4.90 Å². The highest BCUT2D eigenvalue weighted by Crippen LogP contribution is 2.53. The summed E-state index contributed by atoms with van der Waals surface area (Å²) in [7, 11) is 0. The molecule has 5 aromatic rings. The minimum Gasteiger partial charge on any atom is -0.504 e. The number of amides is 1. The van der Waals surface area contributed by atoms with Gasteiger partial charge in [-0.2, -0.15) is 0 Å². The summed E-state index contributed by atoms with van der Waals surface area (Å²) < 4.78 is 24.3. The molecule has 8 heteroatoms. The van der Waals surface area contributed by atoms with Crippen LogP contribution in [0.3, 0.4) is 0 Å². The Morgan fingerprint density at radius 3 is 2.05 bits per heavy atom. The summed E-state index contributed by atoms with van der Waals surface area (Å²) in [6, 6.07) is 28.3. The van der Waals surface area contributed by atoms with Gasteiger partial charge in [-0.25, -0.2) is 4.79 Å². The van der Waals surface area contributed by atoms with Crippen molar-refractivity contribution >= 4 is 17.1 Å². The first-order valence-corrected chi connectivity index (χ1v) is 13.3. The monoisotopic (exact) mass is 549 g/mol. The van der Waals surface area contributed by atoms with Crippen molar-refractivity contribution < 1.29 is 28.5 Å². The van der Waals surface area contributed by atoms with Gasteiger partial charge < -0.3 is 28.6 Å². The molecule has 2 heterocycles. The maximum atomic E-state index is 13.3. The Morgan fingerprint density at radius 1 is 0.854 bits per heavy atom. The number of phenols is 1. The highest BCUT2D eigenvalue weighted by molar-refractivity contribution is 5.90. The number of carbonyl (C=O) groups is 1. The van der Waals surface area contributed by atoms with E-state index in [2.05, 4.69) is 0 Å². The molecule has 0 spiro atoms. The number of rotatable bonds is 6. The molecule has 1 amide bonds. The van der Waals surface area contributed by atoms with Gasteiger partial charge in [0.25, 0.3) is 0 Å². The van der Waals surface area contributed by atoms with Crippen LogP contribution >= 0.6 is 0 Å². The SMILES string of the molecule is CCN(CC)C(=O)Oc1ccc(-c2cc(=O)c3c(O)c4c(cc3o2)OC(c2ccccc2)(c2ccccc2)O4)cc1. The number of hydrogen-bond acceptors (Lipinski definition) is 7. The summed E-state index contributed by atoms with van der Waals surface area (Å²) in [4.78, 5) is 27.1. The molecule has 0 atom stereocenters. The summed E-state index contributed by atoms with van der Waals surface area (Å²) >= 11 is 0. The molecule has 6 rings (SSSR count). The normalized spacial score (nSPS) is 13.2. The molecule has 0 saturated carbocycles. The van der Waals surface area contributed by atoms with E-state index in [1.165, 1.54) is 6.07 Å². The van der Waals surface area contributed by atoms with Crippen molar-refractivity contribution in [3.05, 3.63) is 118 Å². The number of fused-ring (bicyclic) bond motifs is 2. The van der Waals surface area contributed by atoms with Crippen LogP contribution in [0.1, 0.15) is 25.0 Å². The lowest BCUT2D eigenvalue weighted by Crippen LogP contribution is -2.36. The maximum Gasteiger partial charge on any atom is 0.415 e. The number of nitrogens with zero attached hydrogens (tertiary/aromatic N) is 1. The van der Waals surface area contributed by atoms with E-state index in [9.17, 15) is 14.7 Å². The molecule has 206 valence electrons. The minimum atomic E-state index is -1.37. The van der Waals surface area contributed by atoms with Gasteiger partial charge in [0.1, 0.15) is 22.5 Å². The van der Waals surface area contributed by atoms with Crippen LogP contribution in [-0.2, 0) is 5.79 Å². The highest BCUT2D eigenvalue weighted by atomic mass is 16.7. The Hall–Kier alpha value is -5.24. The topological polar surface area (TPSA) is 98.4 Å². The molecule has 0 unspecified atom stereocenters. The number of aromatic hydroxyl groups is 1. The van der Waals surface area contributed by atoms with Crippen LogP contribution in [0.5, 0.6) is 23.0 Å². The maximum absolute atomic E-state index is 13.3. The van der Waals surface area contributed by atoms with E-state index in [0.717, 1.165) is 0 Å². The smallest absolute Gasteiger partial charge is 0.415 e. The van der Waals surface area contributed by atoms with Crippen LogP contribution in [0.2, 0.25) is 0 Å². The third-order valence-electron chi connectivity index (χ3n) is 7.09. The predicted octanol–water partition coefficient (Wildman–Crippen LogP) is 6.68. The molecular formula is C33H27NO7. The standard InChI is InChI=1S/C33H27NO7/c1-3-34(4-2)32(37)38-24-17-15-21(16-18-24)26-19-25(35)29-27(39-26)20-28-31(30(29)36)41-33(40-28,22-11-7-5-8-12-22)23-13-9-6-10-14-23/h5-20,36H,3-4H2,1-2H3. The Kier molecular flexibility index (Phi) is 6.59. The van der Waals surface area contributed by atoms with Gasteiger partial charge in [0, 0.05) is 41.9 Å². The molecule has 8 nitrogen and oxygen atoms in total. The summed E-state index contributed by atoms with van der Waals surface area (Å²) in [5, 5.41) is 11.2. The lowest BCUT2D eigenvalue weighted by Gasteiger charge is -2.28. The molecule has 1 N–H and O–H groups in total. The summed E-state index contributed by atoms with van der Waals surface area (Å²) in [6.07, 6.45) is -0.436. The first-order chi connectivity index (χ1) is 19.9. The van der Waals surface area contributed by atoms with E-state index in [4.69, 9.17) is 18.6 Å². The van der Waals surface area contributed by atoms with Crippen LogP contribution in [0.15, 0.2) is 106 Å². The Morgan fingerprint density at radius 2 is 1.46 bits per heavy atom. The van der Waals surface area contributed by atoms with Gasteiger partial charge in [-0.1, -0.05) is 60.7 Å². The van der Waals surface area contributed by atoms with E-state index in [-0.39, 0.29) is 34.0 Å². The quantitative estimate of drug-likeness (QED) is 0.252. The molecule has 4 aromatic carbocycles. The zero-order chi connectivity index (χ0) is 28.6. The number of benzene rings is 4. The van der Waals surface area contributed by atoms with Crippen molar-refractivity contribution in [2.24, 2.45) is 0 Å². The second kappa shape index (κ2) is 10.4. The Labute approximate surface area is 235 Å². The first kappa shape index (κ1) is 26.0. The molecule has 1 aliphatic rings. The number of phenolic OH excluding ortho intramolecular Hbond substituents is 1. The molecule has 1 aliphatic heterocycles. The summed E-state index contributed by atoms with van der Waals surface area (Å²) in [5.41, 5.74) is 1.72. The Bertz CT molecular complexity index is 1740. The van der Waals surface area contributed by atoms with Crippen LogP contribution in [0.25, 0.3) is 22.3 Å². The molecule has 0 fully saturated rings. The fraction of sp³-hybridized carbons (Fsp3) is 0.152. The van der Waals surface area contributed by atoms with Crippen molar-refractivity contribution in [2.45, 2.75) is 19.6 Å². The lowest BCUT2D eigenvalue weighted by molar-refractivity contribution is -0.0466. The molecule has 0 aliphatic carbocycles. The van der Waals surface area contributed by atoms with Gasteiger partial charge in [0.05, 0.1) is 0 Å². The van der Waals surface area contributed by atoms with E-state index >= 15 is 0 Å². The molecule has 0 radical (unpaired) electrons. The van der Waals surface area contributed by atoms with Crippen LogP contribution in [0, 0.1) is 0 Å². The zero-order valence-electron chi connectivity index (χ0n) is 22.5. The fourth-order valence-corrected chi connectivity index (χ4v) is 4.95. The van der Waals surface area contributed by atoms with Crippen LogP contribution in [0.4, 0.5) is 4.79 Å². The molecule has 0 saturated heterocycles. The third kappa shape index (κ3) is 4.53. The van der Waals surface area contributed by atoms with Crippen molar-refractivity contribution in [1.29, 1.82) is 0 Å². The number of hydrogen-bond donors (Lipinski definition) is 1. The summed E-state index contributed by atoms with van der Waals surface area (Å²) in [5.74, 6) is -0.784. The van der Waals surface area contributed by atoms with Crippen molar-refractivity contribution in [2.75, 3.05) is 13.1 Å². The van der Waals surface area contributed by atoms with E-state index in [1.807, 2.05) is 74.5 Å². The van der Waals surface area contributed by atoms with E-state index in [1.54, 1.807) is 35.2 Å². The largest absolute Gasteiger partial charge is 0.504 e. The van der Waals surface area contributed by atoms with Gasteiger partial charge in [-0.15, -0.1) is 0 Å². The highest BCUT2D eigenvalue weighted by Gasteiger charge is 2.47. The van der Waals surface area contributed by atoms with Gasteiger partial charge in [0.2, 0.25) is 5.75 Å². The van der Waals surface area contributed by atoms with Gasteiger partial charge in [0.15, 0.2) is 16.9 Å². The van der Waals surface area contributed by atoms with Crippen molar-refractivity contribution in [3.63, 3.8) is 0 Å².